The van der Waals surface area contributed by atoms with Crippen molar-refractivity contribution in [2.45, 2.75) is 13.8 Å². The standard InChI is InChI=1S/C6H8O4.C4HClO3/c1-3(5(7)8)4(2)6(9)10;5-2-1-3(6)8-4(2)7/h1-2H3,(H,7,8)(H,9,10);1H. The minimum Gasteiger partial charge on any atom is -0.478 e. The molecule has 7 nitrogen and oxygen atoms in total. The van der Waals surface area contributed by atoms with E-state index in [4.69, 9.17) is 21.8 Å². The minimum absolute atomic E-state index is 0.132. The molecule has 0 amide bonds. The minimum atomic E-state index is -1.19. The lowest BCUT2D eigenvalue weighted by atomic mass is 10.1. The third-order valence-electron chi connectivity index (χ3n) is 1.84. The molecular formula is C10H9ClO7. The van der Waals surface area contributed by atoms with Gasteiger partial charge in [-0.25, -0.2) is 19.2 Å². The van der Waals surface area contributed by atoms with Crippen molar-refractivity contribution < 1.29 is 34.1 Å². The molecule has 0 saturated carbocycles. The van der Waals surface area contributed by atoms with E-state index in [1.54, 1.807) is 0 Å². The Morgan fingerprint density at radius 1 is 1.11 bits per heavy atom. The first-order valence-electron chi connectivity index (χ1n) is 4.44. The molecule has 1 heterocycles. The number of carboxylic acid groups (broad SMARTS) is 2. The van der Waals surface area contributed by atoms with Crippen LogP contribution in [0.15, 0.2) is 22.3 Å². The first-order chi connectivity index (χ1) is 8.16. The Bertz CT molecular complexity index is 451. The largest absolute Gasteiger partial charge is 0.478 e. The molecule has 1 aliphatic heterocycles. The summed E-state index contributed by atoms with van der Waals surface area (Å²) in [6, 6.07) is 0. The monoisotopic (exact) mass is 276 g/mol. The van der Waals surface area contributed by atoms with Crippen molar-refractivity contribution in [3.63, 3.8) is 0 Å². The molecule has 0 aliphatic carbocycles. The van der Waals surface area contributed by atoms with Crippen molar-refractivity contribution in [1.29, 1.82) is 0 Å². The smallest absolute Gasteiger partial charge is 0.357 e. The van der Waals surface area contributed by atoms with E-state index in [-0.39, 0.29) is 16.2 Å². The second kappa shape index (κ2) is 6.55. The number of esters is 2. The average Bonchev–Trinajstić information content (AvgIpc) is 2.54. The van der Waals surface area contributed by atoms with Gasteiger partial charge in [0.15, 0.2) is 0 Å². The van der Waals surface area contributed by atoms with Crippen LogP contribution in [0.1, 0.15) is 13.8 Å². The number of carbonyl (C=O) groups is 4. The van der Waals surface area contributed by atoms with Crippen molar-refractivity contribution >= 4 is 35.5 Å². The van der Waals surface area contributed by atoms with Crippen LogP contribution < -0.4 is 0 Å². The van der Waals surface area contributed by atoms with Crippen LogP contribution in [-0.2, 0) is 23.9 Å². The topological polar surface area (TPSA) is 118 Å². The molecule has 98 valence electrons. The average molecular weight is 277 g/mol. The second-order valence-electron chi connectivity index (χ2n) is 3.06. The van der Waals surface area contributed by atoms with Crippen molar-refractivity contribution in [2.24, 2.45) is 0 Å². The highest BCUT2D eigenvalue weighted by Gasteiger charge is 2.20. The van der Waals surface area contributed by atoms with E-state index in [0.29, 0.717) is 0 Å². The van der Waals surface area contributed by atoms with Crippen LogP contribution in [0.5, 0.6) is 0 Å². The number of aliphatic carboxylic acids is 2. The summed E-state index contributed by atoms with van der Waals surface area (Å²) in [4.78, 5) is 40.4. The lowest BCUT2D eigenvalue weighted by Crippen LogP contribution is -2.06. The third kappa shape index (κ3) is 4.79. The molecule has 0 spiro atoms. The fourth-order valence-electron chi connectivity index (χ4n) is 0.653. The van der Waals surface area contributed by atoms with Gasteiger partial charge in [0.25, 0.3) is 0 Å². The summed E-state index contributed by atoms with van der Waals surface area (Å²) < 4.78 is 3.97. The highest BCUT2D eigenvalue weighted by atomic mass is 35.5. The van der Waals surface area contributed by atoms with Gasteiger partial charge < -0.3 is 14.9 Å². The summed E-state index contributed by atoms with van der Waals surface area (Å²) in [6.07, 6.45) is 0.934. The maximum atomic E-state index is 10.1. The predicted octanol–water partition coefficient (Wildman–Crippen LogP) is 0.684. The Kier molecular flexibility index (Phi) is 5.77. The van der Waals surface area contributed by atoms with Crippen molar-refractivity contribution in [3.8, 4) is 0 Å². The van der Waals surface area contributed by atoms with Crippen LogP contribution in [0, 0.1) is 0 Å². The van der Waals surface area contributed by atoms with Crippen LogP contribution in [0.2, 0.25) is 0 Å². The van der Waals surface area contributed by atoms with Crippen LogP contribution in [-0.4, -0.2) is 34.1 Å². The molecule has 0 atom stereocenters. The van der Waals surface area contributed by atoms with E-state index in [2.05, 4.69) is 4.74 Å². The van der Waals surface area contributed by atoms with Gasteiger partial charge in [-0.1, -0.05) is 11.6 Å². The van der Waals surface area contributed by atoms with E-state index in [1.165, 1.54) is 13.8 Å². The van der Waals surface area contributed by atoms with Gasteiger partial charge in [-0.05, 0) is 13.8 Å². The van der Waals surface area contributed by atoms with E-state index in [0.717, 1.165) is 6.08 Å². The van der Waals surface area contributed by atoms with Gasteiger partial charge in [0.2, 0.25) is 0 Å². The molecule has 0 aromatic heterocycles. The molecule has 8 heteroatoms. The molecule has 2 N–H and O–H groups in total. The lowest BCUT2D eigenvalue weighted by molar-refractivity contribution is -0.150. The van der Waals surface area contributed by atoms with Crippen molar-refractivity contribution in [2.75, 3.05) is 0 Å². The van der Waals surface area contributed by atoms with Crippen LogP contribution in [0.25, 0.3) is 0 Å². The second-order valence-corrected chi connectivity index (χ2v) is 3.47. The number of halogens is 1. The fourth-order valence-corrected chi connectivity index (χ4v) is 0.780. The number of carboxylic acids is 2. The Morgan fingerprint density at radius 2 is 1.50 bits per heavy atom. The molecule has 0 saturated heterocycles. The SMILES string of the molecule is CC(C(=O)O)=C(C)C(=O)O.O=C1C=C(Cl)C(=O)O1. The number of hydrogen-bond donors (Lipinski definition) is 2. The molecule has 0 bridgehead atoms. The Balaban J connectivity index is 0.000000327. The zero-order chi connectivity index (χ0) is 14.5. The summed E-state index contributed by atoms with van der Waals surface area (Å²) in [5, 5.41) is 16.4. The summed E-state index contributed by atoms with van der Waals surface area (Å²) in [6.45, 7) is 2.51. The molecule has 18 heavy (non-hydrogen) atoms. The van der Waals surface area contributed by atoms with Gasteiger partial charge in [0.1, 0.15) is 5.03 Å². The predicted molar refractivity (Wildman–Crippen MR) is 58.7 cm³/mol. The number of ether oxygens (including phenoxy) is 1. The number of carbonyl (C=O) groups excluding carboxylic acids is 2. The third-order valence-corrected chi connectivity index (χ3v) is 2.10. The first-order valence-corrected chi connectivity index (χ1v) is 4.82. The van der Waals surface area contributed by atoms with Crippen molar-refractivity contribution in [3.05, 3.63) is 22.3 Å². The van der Waals surface area contributed by atoms with E-state index in [1.807, 2.05) is 0 Å². The first kappa shape index (κ1) is 15.9. The molecule has 0 aromatic rings. The van der Waals surface area contributed by atoms with E-state index in [9.17, 15) is 19.2 Å². The summed E-state index contributed by atoms with van der Waals surface area (Å²) >= 11 is 5.12. The molecular weight excluding hydrogens is 268 g/mol. The van der Waals surface area contributed by atoms with Gasteiger partial charge in [-0.15, -0.1) is 0 Å². The zero-order valence-electron chi connectivity index (χ0n) is 9.39. The Hall–Kier alpha value is -2.15. The Labute approximate surface area is 106 Å². The summed E-state index contributed by atoms with van der Waals surface area (Å²) in [5.41, 5.74) is -0.264. The van der Waals surface area contributed by atoms with Crippen LogP contribution >= 0.6 is 11.6 Å². The summed E-state index contributed by atoms with van der Waals surface area (Å²) in [7, 11) is 0. The quantitative estimate of drug-likeness (QED) is 0.432. The fraction of sp³-hybridized carbons (Fsp3) is 0.200. The number of cyclic esters (lactones) is 2. The van der Waals surface area contributed by atoms with Crippen LogP contribution in [0.4, 0.5) is 0 Å². The van der Waals surface area contributed by atoms with Gasteiger partial charge in [-0.3, -0.25) is 0 Å². The van der Waals surface area contributed by atoms with Crippen LogP contribution in [0.3, 0.4) is 0 Å². The number of rotatable bonds is 2. The molecule has 1 rings (SSSR count). The lowest BCUT2D eigenvalue weighted by Gasteiger charge is -1.95. The maximum absolute atomic E-state index is 10.1. The molecule has 0 fully saturated rings. The van der Waals surface area contributed by atoms with E-state index >= 15 is 0 Å². The normalized spacial score (nSPS) is 14.9. The molecule has 0 aromatic carbocycles. The van der Waals surface area contributed by atoms with Crippen molar-refractivity contribution in [1.82, 2.24) is 0 Å². The van der Waals surface area contributed by atoms with Gasteiger partial charge in [0, 0.05) is 17.2 Å². The number of hydrogen-bond acceptors (Lipinski definition) is 5. The van der Waals surface area contributed by atoms with Gasteiger partial charge in [-0.2, -0.15) is 0 Å². The molecule has 0 unspecified atom stereocenters. The zero-order valence-corrected chi connectivity index (χ0v) is 10.1. The molecule has 1 aliphatic rings. The summed E-state index contributed by atoms with van der Waals surface area (Å²) in [5.74, 6) is -3.85. The van der Waals surface area contributed by atoms with Gasteiger partial charge in [0.05, 0.1) is 0 Å². The van der Waals surface area contributed by atoms with E-state index < -0.39 is 23.9 Å². The maximum Gasteiger partial charge on any atom is 0.357 e. The highest BCUT2D eigenvalue weighted by Crippen LogP contribution is 2.10. The molecule has 0 radical (unpaired) electrons. The van der Waals surface area contributed by atoms with Gasteiger partial charge >= 0.3 is 23.9 Å². The Morgan fingerprint density at radius 3 is 1.61 bits per heavy atom. The highest BCUT2D eigenvalue weighted by molar-refractivity contribution is 6.44.